The number of amides is 1. The van der Waals surface area contributed by atoms with Crippen molar-refractivity contribution in [3.05, 3.63) is 68.2 Å². The van der Waals surface area contributed by atoms with Gasteiger partial charge in [0, 0.05) is 29.1 Å². The maximum atomic E-state index is 12.3. The molecule has 1 heterocycles. The molecule has 0 bridgehead atoms. The molecule has 8 heteroatoms. The number of nitro groups is 1. The lowest BCUT2D eigenvalue weighted by molar-refractivity contribution is -0.385. The summed E-state index contributed by atoms with van der Waals surface area (Å²) < 4.78 is 6.26. The van der Waals surface area contributed by atoms with Gasteiger partial charge in [-0.1, -0.05) is 34.1 Å². The van der Waals surface area contributed by atoms with Crippen molar-refractivity contribution in [1.29, 1.82) is 0 Å². The normalized spacial score (nSPS) is 16.4. The minimum Gasteiger partial charge on any atom is -0.461 e. The predicted octanol–water partition coefficient (Wildman–Crippen LogP) is 3.76. The fourth-order valence-corrected chi connectivity index (χ4v) is 3.19. The third-order valence-electron chi connectivity index (χ3n) is 4.45. The number of rotatable bonds is 5. The van der Waals surface area contributed by atoms with Crippen molar-refractivity contribution in [3.63, 3.8) is 0 Å². The second-order valence-corrected chi connectivity index (χ2v) is 7.28. The lowest BCUT2D eigenvalue weighted by atomic mass is 10.1. The van der Waals surface area contributed by atoms with Gasteiger partial charge in [-0.25, -0.2) is 0 Å². The molecule has 0 unspecified atom stereocenters. The van der Waals surface area contributed by atoms with E-state index in [1.54, 1.807) is 19.1 Å². The summed E-state index contributed by atoms with van der Waals surface area (Å²) in [5, 5.41) is 11.1. The summed E-state index contributed by atoms with van der Waals surface area (Å²) >= 11 is 3.34. The van der Waals surface area contributed by atoms with Crippen LogP contribution in [0, 0.1) is 23.0 Å². The van der Waals surface area contributed by atoms with Crippen molar-refractivity contribution in [2.75, 3.05) is 11.4 Å². The maximum absolute atomic E-state index is 12.3. The number of carbonyl (C=O) groups is 2. The number of carbonyl (C=O) groups excluding carboxylic acids is 2. The number of aryl methyl sites for hydroxylation is 1. The van der Waals surface area contributed by atoms with Gasteiger partial charge in [0.1, 0.15) is 6.61 Å². The summed E-state index contributed by atoms with van der Waals surface area (Å²) in [4.78, 5) is 36.7. The number of ether oxygens (including phenoxy) is 1. The van der Waals surface area contributed by atoms with Gasteiger partial charge < -0.3 is 9.64 Å². The second-order valence-electron chi connectivity index (χ2n) is 6.37. The first kappa shape index (κ1) is 19.0. The van der Waals surface area contributed by atoms with E-state index in [-0.39, 0.29) is 31.2 Å². The highest BCUT2D eigenvalue weighted by Gasteiger charge is 2.36. The number of anilines is 1. The maximum Gasteiger partial charge on any atom is 0.311 e. The highest BCUT2D eigenvalue weighted by atomic mass is 79.9. The first-order chi connectivity index (χ1) is 12.8. The summed E-state index contributed by atoms with van der Waals surface area (Å²) in [5.41, 5.74) is 1.73. The Morgan fingerprint density at radius 2 is 2.00 bits per heavy atom. The van der Waals surface area contributed by atoms with Gasteiger partial charge in [-0.3, -0.25) is 19.7 Å². The van der Waals surface area contributed by atoms with Gasteiger partial charge in [0.15, 0.2) is 0 Å². The Hall–Kier alpha value is -2.74. The van der Waals surface area contributed by atoms with E-state index >= 15 is 0 Å². The highest BCUT2D eigenvalue weighted by Crippen LogP contribution is 2.30. The van der Waals surface area contributed by atoms with Crippen LogP contribution in [0.4, 0.5) is 11.4 Å². The summed E-state index contributed by atoms with van der Waals surface area (Å²) in [7, 11) is 0. The van der Waals surface area contributed by atoms with Crippen LogP contribution in [0.15, 0.2) is 46.9 Å². The van der Waals surface area contributed by atoms with Gasteiger partial charge in [0.2, 0.25) is 5.91 Å². The standard InChI is InChI=1S/C19H17BrN2O5/c1-12-2-7-16(9-17(12)22(25)26)21-10-14(8-18(21)23)19(24)27-11-13-3-5-15(20)6-4-13/h2-7,9,14H,8,10-11H2,1H3/t14-/m0/s1. The van der Waals surface area contributed by atoms with Gasteiger partial charge in [0.05, 0.1) is 16.5 Å². The molecule has 2 aromatic rings. The minimum atomic E-state index is -0.590. The Morgan fingerprint density at radius 3 is 2.67 bits per heavy atom. The molecule has 7 nitrogen and oxygen atoms in total. The molecule has 1 atom stereocenters. The molecule has 1 saturated heterocycles. The lowest BCUT2D eigenvalue weighted by Gasteiger charge is -2.17. The average molecular weight is 433 g/mol. The van der Waals surface area contributed by atoms with Gasteiger partial charge in [-0.05, 0) is 30.7 Å². The van der Waals surface area contributed by atoms with E-state index in [9.17, 15) is 19.7 Å². The number of esters is 1. The van der Waals surface area contributed by atoms with Crippen molar-refractivity contribution in [2.24, 2.45) is 5.92 Å². The molecule has 0 saturated carbocycles. The van der Waals surface area contributed by atoms with E-state index < -0.39 is 16.8 Å². The first-order valence-electron chi connectivity index (χ1n) is 8.31. The van der Waals surface area contributed by atoms with Gasteiger partial charge >= 0.3 is 5.97 Å². The molecule has 1 fully saturated rings. The number of hydrogen-bond donors (Lipinski definition) is 0. The van der Waals surface area contributed by atoms with Crippen LogP contribution in [0.1, 0.15) is 17.5 Å². The van der Waals surface area contributed by atoms with Gasteiger partial charge in [0.25, 0.3) is 5.69 Å². The Labute approximate surface area is 164 Å². The molecule has 0 radical (unpaired) electrons. The van der Waals surface area contributed by atoms with Gasteiger partial charge in [-0.2, -0.15) is 0 Å². The van der Waals surface area contributed by atoms with Crippen LogP contribution in [-0.2, 0) is 20.9 Å². The number of hydrogen-bond acceptors (Lipinski definition) is 5. The molecular weight excluding hydrogens is 416 g/mol. The van der Waals surface area contributed by atoms with Crippen molar-refractivity contribution < 1.29 is 19.2 Å². The van der Waals surface area contributed by atoms with E-state index in [0.717, 1.165) is 10.0 Å². The molecule has 0 N–H and O–H groups in total. The van der Waals surface area contributed by atoms with Crippen molar-refractivity contribution >= 4 is 39.2 Å². The molecule has 140 valence electrons. The number of benzene rings is 2. The third-order valence-corrected chi connectivity index (χ3v) is 4.98. The largest absolute Gasteiger partial charge is 0.461 e. The summed E-state index contributed by atoms with van der Waals surface area (Å²) in [5.74, 6) is -1.29. The molecular formula is C19H17BrN2O5. The van der Waals surface area contributed by atoms with E-state index in [1.807, 2.05) is 24.3 Å². The quantitative estimate of drug-likeness (QED) is 0.407. The second kappa shape index (κ2) is 7.87. The van der Waals surface area contributed by atoms with Crippen molar-refractivity contribution in [3.8, 4) is 0 Å². The number of halogens is 1. The molecule has 1 aliphatic rings. The molecule has 2 aromatic carbocycles. The zero-order valence-electron chi connectivity index (χ0n) is 14.6. The number of nitrogens with zero attached hydrogens (tertiary/aromatic N) is 2. The highest BCUT2D eigenvalue weighted by molar-refractivity contribution is 9.10. The van der Waals surface area contributed by atoms with Crippen LogP contribution in [0.3, 0.4) is 0 Å². The van der Waals surface area contributed by atoms with Crippen LogP contribution in [0.25, 0.3) is 0 Å². The van der Waals surface area contributed by atoms with Crippen LogP contribution in [0.2, 0.25) is 0 Å². The smallest absolute Gasteiger partial charge is 0.311 e. The zero-order valence-corrected chi connectivity index (χ0v) is 16.1. The van der Waals surface area contributed by atoms with E-state index in [4.69, 9.17) is 4.74 Å². The molecule has 1 aliphatic heterocycles. The number of nitro benzene ring substituents is 1. The van der Waals surface area contributed by atoms with E-state index in [1.165, 1.54) is 11.0 Å². The van der Waals surface area contributed by atoms with E-state index in [0.29, 0.717) is 11.3 Å². The Kier molecular flexibility index (Phi) is 5.55. The summed E-state index contributed by atoms with van der Waals surface area (Å²) in [6.45, 7) is 1.92. The molecule has 0 aromatic heterocycles. The minimum absolute atomic E-state index is 0.0286. The van der Waals surface area contributed by atoms with E-state index in [2.05, 4.69) is 15.9 Å². The Balaban J connectivity index is 1.66. The Bertz CT molecular complexity index is 897. The van der Waals surface area contributed by atoms with Gasteiger partial charge in [-0.15, -0.1) is 0 Å². The van der Waals surface area contributed by atoms with Crippen LogP contribution < -0.4 is 4.90 Å². The molecule has 0 aliphatic carbocycles. The van der Waals surface area contributed by atoms with Crippen LogP contribution >= 0.6 is 15.9 Å². The molecule has 3 rings (SSSR count). The first-order valence-corrected chi connectivity index (χ1v) is 9.11. The van der Waals surface area contributed by atoms with Crippen LogP contribution in [0.5, 0.6) is 0 Å². The zero-order chi connectivity index (χ0) is 19.6. The monoisotopic (exact) mass is 432 g/mol. The SMILES string of the molecule is Cc1ccc(N2C[C@@H](C(=O)OCc3ccc(Br)cc3)CC2=O)cc1[N+](=O)[O-]. The molecule has 27 heavy (non-hydrogen) atoms. The molecule has 1 amide bonds. The van der Waals surface area contributed by atoms with Crippen molar-refractivity contribution in [2.45, 2.75) is 20.0 Å². The lowest BCUT2D eigenvalue weighted by Crippen LogP contribution is -2.26. The predicted molar refractivity (Wildman–Crippen MR) is 102 cm³/mol. The topological polar surface area (TPSA) is 89.8 Å². The fraction of sp³-hybridized carbons (Fsp3) is 0.263. The Morgan fingerprint density at radius 1 is 1.30 bits per heavy atom. The van der Waals surface area contributed by atoms with Crippen LogP contribution in [-0.4, -0.2) is 23.3 Å². The van der Waals surface area contributed by atoms with Crippen molar-refractivity contribution in [1.82, 2.24) is 0 Å². The molecule has 0 spiro atoms. The summed E-state index contributed by atoms with van der Waals surface area (Å²) in [6, 6.07) is 12.0. The average Bonchev–Trinajstić information content (AvgIpc) is 3.03. The summed E-state index contributed by atoms with van der Waals surface area (Å²) in [6.07, 6.45) is 0.0286. The fourth-order valence-electron chi connectivity index (χ4n) is 2.93. The third kappa shape index (κ3) is 4.33.